The Labute approximate surface area is 230 Å². The first-order valence-corrected chi connectivity index (χ1v) is 13.0. The van der Waals surface area contributed by atoms with E-state index in [2.05, 4.69) is 15.4 Å². The molecule has 3 aromatic carbocycles. The van der Waals surface area contributed by atoms with E-state index in [0.29, 0.717) is 39.3 Å². The molecule has 0 radical (unpaired) electrons. The second kappa shape index (κ2) is 10.4. The largest absolute Gasteiger partial charge is 0.342 e. The van der Waals surface area contributed by atoms with Crippen molar-refractivity contribution in [2.24, 2.45) is 0 Å². The van der Waals surface area contributed by atoms with Crippen molar-refractivity contribution in [3.05, 3.63) is 136 Å². The quantitative estimate of drug-likeness (QED) is 0.293. The van der Waals surface area contributed by atoms with Crippen LogP contribution in [0.4, 0.5) is 0 Å². The summed E-state index contributed by atoms with van der Waals surface area (Å²) < 4.78 is 3.15. The zero-order valence-corrected chi connectivity index (χ0v) is 22.0. The van der Waals surface area contributed by atoms with Crippen molar-refractivity contribution in [3.8, 4) is 5.69 Å². The molecule has 1 N–H and O–H groups in total. The van der Waals surface area contributed by atoms with Crippen molar-refractivity contribution in [2.75, 3.05) is 0 Å². The summed E-state index contributed by atoms with van der Waals surface area (Å²) in [5.74, 6) is 0.0792. The normalized spacial score (nSPS) is 12.2. The predicted octanol–water partition coefficient (Wildman–Crippen LogP) is 5.40. The number of aryl methyl sites for hydroxylation is 1. The van der Waals surface area contributed by atoms with E-state index >= 15 is 0 Å². The van der Waals surface area contributed by atoms with Crippen molar-refractivity contribution in [2.45, 2.75) is 19.9 Å². The zero-order valence-electron chi connectivity index (χ0n) is 22.0. The number of carbonyl (C=O) groups is 1. The van der Waals surface area contributed by atoms with E-state index in [-0.39, 0.29) is 11.5 Å². The van der Waals surface area contributed by atoms with Crippen molar-refractivity contribution in [1.82, 2.24) is 29.5 Å². The van der Waals surface area contributed by atoms with E-state index in [1.54, 1.807) is 34.5 Å². The molecule has 0 aliphatic carbocycles. The van der Waals surface area contributed by atoms with Crippen LogP contribution >= 0.6 is 0 Å². The highest BCUT2D eigenvalue weighted by Gasteiger charge is 2.24. The van der Waals surface area contributed by atoms with Gasteiger partial charge < -0.3 is 5.32 Å². The summed E-state index contributed by atoms with van der Waals surface area (Å²) >= 11 is 0. The van der Waals surface area contributed by atoms with Crippen molar-refractivity contribution in [3.63, 3.8) is 0 Å². The molecular weight excluding hydrogens is 500 g/mol. The maximum Gasteiger partial charge on any atom is 0.266 e. The van der Waals surface area contributed by atoms with Gasteiger partial charge in [0.1, 0.15) is 11.4 Å². The molecule has 0 saturated heterocycles. The predicted molar refractivity (Wildman–Crippen MR) is 156 cm³/mol. The van der Waals surface area contributed by atoms with Crippen LogP contribution in [0.5, 0.6) is 0 Å². The Balaban J connectivity index is 1.47. The molecule has 0 bridgehead atoms. The van der Waals surface area contributed by atoms with Crippen LogP contribution in [0, 0.1) is 6.92 Å². The number of carbonyl (C=O) groups excluding carboxylic acids is 1. The van der Waals surface area contributed by atoms with Crippen molar-refractivity contribution < 1.29 is 4.79 Å². The lowest BCUT2D eigenvalue weighted by atomic mass is 10.1. The van der Waals surface area contributed by atoms with Gasteiger partial charge in [-0.05, 0) is 49.2 Å². The summed E-state index contributed by atoms with van der Waals surface area (Å²) in [4.78, 5) is 36.9. The lowest BCUT2D eigenvalue weighted by Gasteiger charge is -2.20. The molecule has 8 nitrogen and oxygen atoms in total. The average molecular weight is 527 g/mol. The Kier molecular flexibility index (Phi) is 6.49. The third-order valence-electron chi connectivity index (χ3n) is 6.76. The first kappa shape index (κ1) is 24.9. The number of amides is 1. The van der Waals surface area contributed by atoms with E-state index < -0.39 is 6.04 Å². The first-order chi connectivity index (χ1) is 19.5. The lowest BCUT2D eigenvalue weighted by molar-refractivity contribution is 0.0938. The Hall–Kier alpha value is -5.37. The maximum absolute atomic E-state index is 14.2. The van der Waals surface area contributed by atoms with E-state index in [1.807, 2.05) is 97.9 Å². The highest BCUT2D eigenvalue weighted by Crippen LogP contribution is 2.23. The Morgan fingerprint density at radius 2 is 1.68 bits per heavy atom. The molecule has 1 amide bonds. The zero-order chi connectivity index (χ0) is 27.6. The summed E-state index contributed by atoms with van der Waals surface area (Å²) in [7, 11) is 0. The number of aromatic nitrogens is 5. The van der Waals surface area contributed by atoms with Crippen molar-refractivity contribution in [1.29, 1.82) is 0 Å². The molecule has 6 aromatic rings. The minimum atomic E-state index is -0.605. The van der Waals surface area contributed by atoms with E-state index in [1.165, 1.54) is 0 Å². The number of benzene rings is 3. The van der Waals surface area contributed by atoms with Crippen molar-refractivity contribution >= 4 is 34.6 Å². The monoisotopic (exact) mass is 526 g/mol. The van der Waals surface area contributed by atoms with Crippen LogP contribution in [0.1, 0.15) is 46.0 Å². The van der Waals surface area contributed by atoms with E-state index in [9.17, 15) is 9.59 Å². The third kappa shape index (κ3) is 4.56. The third-order valence-corrected chi connectivity index (χ3v) is 6.76. The molecule has 0 aliphatic heterocycles. The number of hydrogen-bond donors (Lipinski definition) is 1. The van der Waals surface area contributed by atoms with Gasteiger partial charge in [-0.1, -0.05) is 72.8 Å². The van der Waals surface area contributed by atoms with Gasteiger partial charge in [0, 0.05) is 12.4 Å². The van der Waals surface area contributed by atoms with Gasteiger partial charge >= 0.3 is 0 Å². The number of nitrogens with one attached hydrogen (secondary N) is 1. The van der Waals surface area contributed by atoms with Gasteiger partial charge in [-0.2, -0.15) is 5.10 Å². The molecule has 3 heterocycles. The second-order valence-electron chi connectivity index (χ2n) is 9.47. The van der Waals surface area contributed by atoms with Crippen LogP contribution in [0.2, 0.25) is 0 Å². The smallest absolute Gasteiger partial charge is 0.266 e. The fourth-order valence-electron chi connectivity index (χ4n) is 4.87. The van der Waals surface area contributed by atoms with Crippen LogP contribution < -0.4 is 10.9 Å². The van der Waals surface area contributed by atoms with Crippen LogP contribution in [-0.4, -0.2) is 30.1 Å². The molecule has 3 aromatic heterocycles. The minimum absolute atomic E-state index is 0.213. The molecule has 0 fully saturated rings. The molecule has 40 heavy (non-hydrogen) atoms. The van der Waals surface area contributed by atoms with Gasteiger partial charge in [-0.15, -0.1) is 0 Å². The highest BCUT2D eigenvalue weighted by atomic mass is 16.2. The number of hydrogen-bond acceptors (Lipinski definition) is 5. The summed E-state index contributed by atoms with van der Waals surface area (Å²) in [5.41, 5.74) is 4.20. The molecule has 196 valence electrons. The second-order valence-corrected chi connectivity index (χ2v) is 9.47. The Morgan fingerprint density at radius 3 is 2.45 bits per heavy atom. The topological polar surface area (TPSA) is 94.2 Å². The molecule has 0 aliphatic rings. The van der Waals surface area contributed by atoms with Gasteiger partial charge in [0.15, 0.2) is 5.65 Å². The lowest BCUT2D eigenvalue weighted by Crippen LogP contribution is -2.33. The molecule has 8 heteroatoms. The highest BCUT2D eigenvalue weighted by molar-refractivity contribution is 6.01. The fourth-order valence-corrected chi connectivity index (χ4v) is 4.87. The molecule has 6 rings (SSSR count). The maximum atomic E-state index is 14.2. The number of fused-ring (bicyclic) bond motifs is 2. The molecular formula is C32H26N6O2. The van der Waals surface area contributed by atoms with Crippen LogP contribution in [-0.2, 0) is 0 Å². The Bertz CT molecular complexity index is 1940. The number of rotatable bonds is 6. The van der Waals surface area contributed by atoms with E-state index in [4.69, 9.17) is 4.98 Å². The van der Waals surface area contributed by atoms with E-state index in [0.717, 1.165) is 11.1 Å². The van der Waals surface area contributed by atoms with Gasteiger partial charge in [-0.25, -0.2) is 14.5 Å². The summed E-state index contributed by atoms with van der Waals surface area (Å²) in [6, 6.07) is 26.0. The van der Waals surface area contributed by atoms with Crippen LogP contribution in [0.25, 0.3) is 34.4 Å². The van der Waals surface area contributed by atoms with Gasteiger partial charge in [0.25, 0.3) is 11.5 Å². The molecule has 1 atom stereocenters. The number of para-hydroxylation sites is 1. The SMILES string of the molecule is Cc1nn2cccnc2c1C(=O)N[C@H](C)c1nc2cccc(/C=C/c3ccccc3)c2c(=O)n1-c1ccccc1. The van der Waals surface area contributed by atoms with Gasteiger partial charge in [0.05, 0.1) is 28.3 Å². The summed E-state index contributed by atoms with van der Waals surface area (Å²) in [5, 5.41) is 7.93. The standard InChI is InChI=1S/C32H26N6O2/c1-21-27(30-33-19-10-20-37(30)36-21)31(39)34-22(2)29-35-26-16-9-13-24(18-17-23-11-5-3-6-12-23)28(26)32(40)38(29)25-14-7-4-8-15-25/h3-20,22H,1-2H3,(H,34,39)/b18-17+/t22-/m1/s1. The van der Waals surface area contributed by atoms with Gasteiger partial charge in [-0.3, -0.25) is 14.2 Å². The summed E-state index contributed by atoms with van der Waals surface area (Å²) in [6.45, 7) is 3.59. The molecule has 0 spiro atoms. The molecule has 0 saturated carbocycles. The van der Waals surface area contributed by atoms with Crippen LogP contribution in [0.15, 0.2) is 102 Å². The Morgan fingerprint density at radius 1 is 0.925 bits per heavy atom. The van der Waals surface area contributed by atoms with Crippen LogP contribution in [0.3, 0.4) is 0 Å². The average Bonchev–Trinajstić information content (AvgIpc) is 3.32. The van der Waals surface area contributed by atoms with Gasteiger partial charge in [0.2, 0.25) is 0 Å². The molecule has 0 unspecified atom stereocenters. The first-order valence-electron chi connectivity index (χ1n) is 13.0. The fraction of sp³-hybridized carbons (Fsp3) is 0.0938. The minimum Gasteiger partial charge on any atom is -0.342 e. The number of nitrogens with zero attached hydrogens (tertiary/aromatic N) is 5. The summed E-state index contributed by atoms with van der Waals surface area (Å²) in [6.07, 6.45) is 7.28.